The lowest BCUT2D eigenvalue weighted by atomic mass is 9.96. The minimum Gasteiger partial charge on any atom is -0.247 e. The second-order valence-electron chi connectivity index (χ2n) is 4.02. The van der Waals surface area contributed by atoms with Crippen LogP contribution in [0.15, 0.2) is 0 Å². The number of ether oxygens (including phenoxy) is 1. The van der Waals surface area contributed by atoms with Gasteiger partial charge in [-0.05, 0) is 0 Å². The molecule has 22 heavy (non-hydrogen) atoms. The van der Waals surface area contributed by atoms with Gasteiger partial charge in [0, 0.05) is 6.92 Å². The van der Waals surface area contributed by atoms with Crippen molar-refractivity contribution >= 4 is 0 Å². The first-order valence-corrected chi connectivity index (χ1v) is 4.80. The van der Waals surface area contributed by atoms with E-state index in [-0.39, 0.29) is 0 Å². The van der Waals surface area contributed by atoms with Gasteiger partial charge < -0.3 is 0 Å². The zero-order valence-electron chi connectivity index (χ0n) is 10.0. The minimum absolute atomic E-state index is 0.816. The highest BCUT2D eigenvalue weighted by molar-refractivity contribution is 5.06. The lowest BCUT2D eigenvalue weighted by molar-refractivity contribution is -0.494. The summed E-state index contributed by atoms with van der Waals surface area (Å²) in [5.74, 6) is -12.2. The van der Waals surface area contributed by atoms with Crippen LogP contribution in [0.3, 0.4) is 0 Å². The zero-order valence-corrected chi connectivity index (χ0v) is 10.0. The average molecular weight is 364 g/mol. The molecule has 1 atom stereocenters. The second kappa shape index (κ2) is 5.30. The molecule has 0 radical (unpaired) electrons. The normalized spacial score (nSPS) is 18.3. The first-order valence-electron chi connectivity index (χ1n) is 4.80. The molecule has 14 heteroatoms. The maximum absolute atomic E-state index is 13.2. The molecular formula is C8H5F13O. The Bertz CT molecular complexity index is 394. The quantitative estimate of drug-likeness (QED) is 0.620. The summed E-state index contributed by atoms with van der Waals surface area (Å²) in [7, 11) is 0. The molecule has 0 aliphatic rings. The maximum atomic E-state index is 13.2. The number of alkyl halides is 13. The highest BCUT2D eigenvalue weighted by atomic mass is 19.4. The highest BCUT2D eigenvalue weighted by Gasteiger charge is 2.86. The third-order valence-corrected chi connectivity index (χ3v) is 2.23. The Morgan fingerprint density at radius 3 is 1.27 bits per heavy atom. The van der Waals surface area contributed by atoms with Crippen molar-refractivity contribution in [2.24, 2.45) is 0 Å². The van der Waals surface area contributed by atoms with Crippen LogP contribution < -0.4 is 0 Å². The Morgan fingerprint density at radius 1 is 0.682 bits per heavy atom. The first kappa shape index (κ1) is 21.0. The molecule has 0 spiro atoms. The van der Waals surface area contributed by atoms with Crippen molar-refractivity contribution < 1.29 is 61.8 Å². The molecule has 0 bridgehead atoms. The van der Waals surface area contributed by atoms with Gasteiger partial charge in [0.15, 0.2) is 6.67 Å². The van der Waals surface area contributed by atoms with Crippen LogP contribution in [-0.4, -0.2) is 42.6 Å². The highest BCUT2D eigenvalue weighted by Crippen LogP contribution is 2.56. The molecule has 134 valence electrons. The largest absolute Gasteiger partial charge is 0.437 e. The maximum Gasteiger partial charge on any atom is 0.437 e. The van der Waals surface area contributed by atoms with E-state index in [9.17, 15) is 57.1 Å². The molecule has 0 fully saturated rings. The Balaban J connectivity index is 6.09. The summed E-state index contributed by atoms with van der Waals surface area (Å²) in [6.45, 7) is -4.51. The second-order valence-corrected chi connectivity index (χ2v) is 4.02. The van der Waals surface area contributed by atoms with Crippen LogP contribution in [0, 0.1) is 0 Å². The van der Waals surface area contributed by atoms with E-state index in [0.717, 1.165) is 0 Å². The predicted octanol–water partition coefficient (Wildman–Crippen LogP) is 4.72. The van der Waals surface area contributed by atoms with Crippen molar-refractivity contribution in [3.8, 4) is 0 Å². The van der Waals surface area contributed by atoms with Crippen molar-refractivity contribution in [2.45, 2.75) is 42.8 Å². The van der Waals surface area contributed by atoms with E-state index >= 15 is 0 Å². The summed E-state index contributed by atoms with van der Waals surface area (Å²) in [4.78, 5) is 0. The molecule has 0 amide bonds. The Hall–Kier alpha value is -0.950. The molecule has 0 aromatic carbocycles. The summed E-state index contributed by atoms with van der Waals surface area (Å²) < 4.78 is 164. The van der Waals surface area contributed by atoms with Gasteiger partial charge in [-0.3, -0.25) is 0 Å². The van der Waals surface area contributed by atoms with Gasteiger partial charge in [-0.2, -0.15) is 48.3 Å². The van der Waals surface area contributed by atoms with E-state index < -0.39 is 49.5 Å². The van der Waals surface area contributed by atoms with Crippen LogP contribution in [-0.2, 0) is 4.74 Å². The van der Waals surface area contributed by atoms with Crippen molar-refractivity contribution in [1.82, 2.24) is 0 Å². The molecule has 0 aromatic heterocycles. The van der Waals surface area contributed by atoms with E-state index in [2.05, 4.69) is 0 Å². The fraction of sp³-hybridized carbons (Fsp3) is 1.00. The van der Waals surface area contributed by atoms with Crippen molar-refractivity contribution in [1.29, 1.82) is 0 Å². The van der Waals surface area contributed by atoms with Gasteiger partial charge in [0.2, 0.25) is 0 Å². The van der Waals surface area contributed by atoms with Crippen LogP contribution >= 0.6 is 0 Å². The van der Waals surface area contributed by atoms with Crippen LogP contribution in [0.1, 0.15) is 6.92 Å². The molecule has 1 nitrogen and oxygen atoms in total. The summed E-state index contributed by atoms with van der Waals surface area (Å²) >= 11 is 0. The van der Waals surface area contributed by atoms with Crippen LogP contribution in [0.5, 0.6) is 0 Å². The molecule has 0 aromatic rings. The first-order chi connectivity index (χ1) is 9.27. The van der Waals surface area contributed by atoms with Crippen molar-refractivity contribution in [3.63, 3.8) is 0 Å². The van der Waals surface area contributed by atoms with E-state index in [1.54, 1.807) is 4.74 Å². The summed E-state index contributed by atoms with van der Waals surface area (Å²) in [6.07, 6.45) is -21.1. The van der Waals surface area contributed by atoms with Crippen LogP contribution in [0.2, 0.25) is 0 Å². The smallest absolute Gasteiger partial charge is 0.247 e. The average Bonchev–Trinajstić information content (AvgIpc) is 2.22. The molecule has 0 heterocycles. The number of hydrogen-bond acceptors (Lipinski definition) is 1. The number of halogens is 13. The van der Waals surface area contributed by atoms with Gasteiger partial charge >= 0.3 is 35.9 Å². The third kappa shape index (κ3) is 3.20. The zero-order chi connectivity index (χ0) is 18.4. The lowest BCUT2D eigenvalue weighted by Crippen LogP contribution is -2.69. The van der Waals surface area contributed by atoms with Crippen LogP contribution in [0.4, 0.5) is 57.1 Å². The van der Waals surface area contributed by atoms with Gasteiger partial charge in [-0.15, -0.1) is 0 Å². The summed E-state index contributed by atoms with van der Waals surface area (Å²) in [6, 6.07) is 0. The topological polar surface area (TPSA) is 9.23 Å². The van der Waals surface area contributed by atoms with E-state index in [1.165, 1.54) is 0 Å². The molecule has 0 saturated heterocycles. The molecule has 0 N–H and O–H groups in total. The van der Waals surface area contributed by atoms with Crippen LogP contribution in [0.25, 0.3) is 0 Å². The third-order valence-electron chi connectivity index (χ3n) is 2.23. The van der Waals surface area contributed by atoms with Gasteiger partial charge in [0.1, 0.15) is 0 Å². The lowest BCUT2D eigenvalue weighted by Gasteiger charge is -2.39. The monoisotopic (exact) mass is 364 g/mol. The van der Waals surface area contributed by atoms with Gasteiger partial charge in [0.05, 0.1) is 0 Å². The van der Waals surface area contributed by atoms with E-state index in [1.807, 2.05) is 0 Å². The van der Waals surface area contributed by atoms with E-state index in [0.29, 0.717) is 0 Å². The van der Waals surface area contributed by atoms with E-state index in [4.69, 9.17) is 0 Å². The van der Waals surface area contributed by atoms with Crippen molar-refractivity contribution in [2.75, 3.05) is 6.67 Å². The Kier molecular flexibility index (Phi) is 5.07. The number of hydrogen-bond donors (Lipinski definition) is 0. The molecule has 0 rings (SSSR count). The fourth-order valence-corrected chi connectivity index (χ4v) is 0.998. The van der Waals surface area contributed by atoms with Gasteiger partial charge in [-0.1, -0.05) is 0 Å². The summed E-state index contributed by atoms with van der Waals surface area (Å²) in [5.41, 5.74) is -7.32. The fourth-order valence-electron chi connectivity index (χ4n) is 0.998. The standard InChI is InChI=1S/C8H5F13O/c1-3(10,11)7(18,19)22-8(20,21)5(14,6(15,16)17)4(12,13)2-9/h2H2,1H3. The van der Waals surface area contributed by atoms with Gasteiger partial charge in [-0.25, -0.2) is 13.5 Å². The minimum atomic E-state index is -7.34. The van der Waals surface area contributed by atoms with Gasteiger partial charge in [0.25, 0.3) is 0 Å². The Morgan fingerprint density at radius 2 is 1.05 bits per heavy atom. The molecule has 0 aliphatic heterocycles. The molecule has 0 saturated carbocycles. The molecule has 0 aliphatic carbocycles. The summed E-state index contributed by atoms with van der Waals surface area (Å²) in [5, 5.41) is 0. The number of rotatable bonds is 6. The molecule has 1 unspecified atom stereocenters. The molecular weight excluding hydrogens is 359 g/mol. The predicted molar refractivity (Wildman–Crippen MR) is 42.4 cm³/mol. The Labute approximate surface area is 113 Å². The van der Waals surface area contributed by atoms with Crippen molar-refractivity contribution in [3.05, 3.63) is 0 Å². The SMILES string of the molecule is CC(F)(F)C(F)(F)OC(F)(F)C(F)(C(F)(F)F)C(F)(F)CF.